The third kappa shape index (κ3) is 10.3. The molecule has 0 radical (unpaired) electrons. The van der Waals surface area contributed by atoms with E-state index in [9.17, 15) is 19.5 Å². The molecule has 0 spiro atoms. The van der Waals surface area contributed by atoms with Crippen LogP contribution < -0.4 is 10.1 Å². The molecule has 418 valence electrons. The topological polar surface area (TPSA) is 200 Å². The quantitative estimate of drug-likeness (QED) is 0.0597. The van der Waals surface area contributed by atoms with Crippen molar-refractivity contribution in [3.05, 3.63) is 107 Å². The molecule has 77 heavy (non-hydrogen) atoms. The van der Waals surface area contributed by atoms with E-state index in [1.165, 1.54) is 6.92 Å². The smallest absolute Gasteiger partial charge is 0.413 e. The normalized spacial score (nSPS) is 31.6. The van der Waals surface area contributed by atoms with Gasteiger partial charge in [-0.25, -0.2) is 14.4 Å². The van der Waals surface area contributed by atoms with Crippen LogP contribution in [0.5, 0.6) is 5.75 Å². The summed E-state index contributed by atoms with van der Waals surface area (Å²) in [5.74, 6) is -2.74. The Hall–Kier alpha value is -5.05. The monoisotopic (exact) mass is 1080 g/mol. The third-order valence-electron chi connectivity index (χ3n) is 18.1. The minimum absolute atomic E-state index is 0.0133. The molecule has 18 heteroatoms. The molecule has 5 fully saturated rings. The number of amides is 1. The van der Waals surface area contributed by atoms with E-state index in [2.05, 4.69) is 63.7 Å². The number of esters is 3. The molecule has 9 rings (SSSR count). The molecule has 2 bridgehead atoms. The van der Waals surface area contributed by atoms with Gasteiger partial charge >= 0.3 is 24.0 Å². The van der Waals surface area contributed by atoms with Gasteiger partial charge in [0.05, 0.1) is 43.1 Å². The van der Waals surface area contributed by atoms with Crippen LogP contribution in [-0.4, -0.2) is 141 Å². The fourth-order valence-corrected chi connectivity index (χ4v) is 20.0. The maximum absolute atomic E-state index is 16.0. The first kappa shape index (κ1) is 56.7. The van der Waals surface area contributed by atoms with Crippen LogP contribution in [0.3, 0.4) is 0 Å². The first-order valence-electron chi connectivity index (χ1n) is 27.5. The molecule has 3 aliphatic heterocycles. The molecule has 17 nitrogen and oxygen atoms in total. The average molecular weight is 1080 g/mol. The van der Waals surface area contributed by atoms with Gasteiger partial charge < -0.3 is 52.7 Å². The van der Waals surface area contributed by atoms with E-state index in [1.807, 2.05) is 26.8 Å². The van der Waals surface area contributed by atoms with Crippen molar-refractivity contribution >= 4 is 32.3 Å². The number of fused-ring (bicyclic) bond motifs is 8. The third-order valence-corrected chi connectivity index (χ3v) is 24.2. The molecule has 12 atom stereocenters. The van der Waals surface area contributed by atoms with Crippen LogP contribution in [0.15, 0.2) is 96.2 Å². The highest BCUT2D eigenvalue weighted by molar-refractivity contribution is 6.77. The highest BCUT2D eigenvalue weighted by Gasteiger charge is 2.77. The molecule has 4 heterocycles. The number of carbonyl (C=O) groups excluding carboxylic acids is 4. The van der Waals surface area contributed by atoms with Gasteiger partial charge in [-0.3, -0.25) is 14.7 Å². The Bertz CT molecular complexity index is 2610. The molecular formula is C59H79N3O14Si. The summed E-state index contributed by atoms with van der Waals surface area (Å²) in [6, 6.07) is 21.2. The van der Waals surface area contributed by atoms with Crippen LogP contribution in [-0.2, 0) is 47.2 Å². The van der Waals surface area contributed by atoms with Crippen LogP contribution in [0.1, 0.15) is 118 Å². The number of hydrogen-bond acceptors (Lipinski definition) is 16. The number of benzene rings is 2. The van der Waals surface area contributed by atoms with Crippen LogP contribution >= 0.6 is 0 Å². The Labute approximate surface area is 454 Å². The number of ether oxygens (including phenoxy) is 8. The summed E-state index contributed by atoms with van der Waals surface area (Å²) in [4.78, 5) is 65.4. The van der Waals surface area contributed by atoms with E-state index in [0.717, 1.165) is 0 Å². The van der Waals surface area contributed by atoms with Gasteiger partial charge in [-0.2, -0.15) is 0 Å². The lowest BCUT2D eigenvalue weighted by molar-refractivity contribution is -0.345. The highest BCUT2D eigenvalue weighted by Crippen LogP contribution is 2.67. The summed E-state index contributed by atoms with van der Waals surface area (Å²) < 4.78 is 60.0. The van der Waals surface area contributed by atoms with Crippen molar-refractivity contribution in [3.63, 3.8) is 0 Å². The predicted molar refractivity (Wildman–Crippen MR) is 286 cm³/mol. The Kier molecular flexibility index (Phi) is 16.4. The number of morpholine rings is 1. The number of hydrogen-bond donors (Lipinski definition) is 2. The molecule has 1 aromatic heterocycles. The second-order valence-corrected chi connectivity index (χ2v) is 29.1. The largest absolute Gasteiger partial charge is 0.456 e. The van der Waals surface area contributed by atoms with Crippen molar-refractivity contribution in [2.45, 2.75) is 172 Å². The Morgan fingerprint density at radius 3 is 2.12 bits per heavy atom. The SMILES string of the molecule is CC(=O)O[C@@]12CO[C@@H]1CC[C@]1(C)C2C(OC(=O)c2ccccc2)[C@]2(O)C[C@H](OC(=O)[C@H](O[Si](C(C)C)(C(C)C)C(C)C)[C@H](NC(=O)Oc3ccccc3)c3ccccn3)C(C)=C([C@H]3O[C@@H](CN4CCOCC4)O[C@H]31)C2(C)C. The molecule has 2 aromatic carbocycles. The summed E-state index contributed by atoms with van der Waals surface area (Å²) >= 11 is 0. The number of rotatable bonds is 16. The summed E-state index contributed by atoms with van der Waals surface area (Å²) in [5, 5.41) is 17.4. The maximum atomic E-state index is 16.0. The maximum Gasteiger partial charge on any atom is 0.413 e. The highest BCUT2D eigenvalue weighted by atomic mass is 28.4. The minimum atomic E-state index is -3.04. The lowest BCUT2D eigenvalue weighted by Gasteiger charge is -2.68. The van der Waals surface area contributed by atoms with Gasteiger partial charge in [-0.05, 0) is 83.9 Å². The van der Waals surface area contributed by atoms with Crippen LogP contribution in [0.2, 0.25) is 16.6 Å². The molecule has 2 unspecified atom stereocenters. The second-order valence-electron chi connectivity index (χ2n) is 23.7. The van der Waals surface area contributed by atoms with E-state index in [1.54, 1.807) is 79.0 Å². The zero-order valence-electron chi connectivity index (χ0n) is 46.5. The standard InChI is InChI=1S/C59H79N3O14Si/c1-35(2)77(36(3)4,37(5)6)76-49(47(42-24-18-19-27-60-42)61-55(66)70-41-22-16-13-17-23-41)54(65)71-43-32-59(67)52(74-53(64)40-20-14-12-15-21-40)50-57(11,26-25-44-58(50,34-69-44)75-39(8)63)51-48(46(38(43)7)56(59,9)10)72-45(73-51)33-62-28-30-68-31-29-62/h12-24,27,35-37,43-45,47-52,67H,25-26,28-34H2,1-11H3,(H,61,66)/t43-,44+,45+,47+,48+,49+,50?,51+,52?,57+,58-,59+/m0/s1. The number of pyridine rings is 1. The van der Waals surface area contributed by atoms with E-state index >= 15 is 4.79 Å². The van der Waals surface area contributed by atoms with Crippen molar-refractivity contribution in [1.82, 2.24) is 15.2 Å². The van der Waals surface area contributed by atoms with Gasteiger partial charge in [-0.1, -0.05) is 105 Å². The van der Waals surface area contributed by atoms with Crippen LogP contribution in [0.4, 0.5) is 4.79 Å². The predicted octanol–water partition coefficient (Wildman–Crippen LogP) is 8.66. The second kappa shape index (κ2) is 22.2. The van der Waals surface area contributed by atoms with Crippen molar-refractivity contribution in [3.8, 4) is 5.75 Å². The lowest BCUT2D eigenvalue weighted by atomic mass is 9.45. The van der Waals surface area contributed by atoms with Crippen molar-refractivity contribution < 1.29 is 66.6 Å². The summed E-state index contributed by atoms with van der Waals surface area (Å²) in [7, 11) is -3.04. The van der Waals surface area contributed by atoms with Crippen molar-refractivity contribution in [1.29, 1.82) is 0 Å². The molecule has 6 aliphatic rings. The molecule has 1 amide bonds. The van der Waals surface area contributed by atoms with Gasteiger partial charge in [0.1, 0.15) is 41.8 Å². The van der Waals surface area contributed by atoms with Gasteiger partial charge in [0, 0.05) is 50.0 Å². The Morgan fingerprint density at radius 1 is 0.870 bits per heavy atom. The zero-order valence-corrected chi connectivity index (χ0v) is 47.5. The van der Waals surface area contributed by atoms with E-state index < -0.39 is 109 Å². The number of nitrogens with zero attached hydrogens (tertiary/aromatic N) is 2. The van der Waals surface area contributed by atoms with Crippen LogP contribution in [0, 0.1) is 16.7 Å². The number of aliphatic hydroxyl groups is 1. The fraction of sp³-hybridized carbons (Fsp3) is 0.610. The molecule has 3 aromatic rings. The van der Waals surface area contributed by atoms with Crippen molar-refractivity contribution in [2.75, 3.05) is 39.5 Å². The van der Waals surface area contributed by atoms with Gasteiger partial charge in [0.15, 0.2) is 18.0 Å². The Balaban J connectivity index is 1.22. The summed E-state index contributed by atoms with van der Waals surface area (Å²) in [6.07, 6.45) is -5.65. The number of carbonyl (C=O) groups is 4. The van der Waals surface area contributed by atoms with Gasteiger partial charge in [0.25, 0.3) is 0 Å². The fourth-order valence-electron chi connectivity index (χ4n) is 14.5. The number of aromatic nitrogens is 1. The van der Waals surface area contributed by atoms with E-state index in [0.29, 0.717) is 62.5 Å². The van der Waals surface area contributed by atoms with Gasteiger partial charge in [-0.15, -0.1) is 0 Å². The summed E-state index contributed by atoms with van der Waals surface area (Å²) in [5.41, 5.74) is -3.97. The molecule has 3 saturated heterocycles. The first-order chi connectivity index (χ1) is 36.6. The Morgan fingerprint density at radius 2 is 1.52 bits per heavy atom. The number of para-hydroxylation sites is 1. The average Bonchev–Trinajstić information content (AvgIpc) is 4.00. The lowest BCUT2D eigenvalue weighted by Crippen LogP contribution is -2.79. The van der Waals surface area contributed by atoms with Gasteiger partial charge in [0.2, 0.25) is 8.32 Å². The minimum Gasteiger partial charge on any atom is -0.456 e. The molecule has 2 N–H and O–H groups in total. The van der Waals surface area contributed by atoms with Crippen molar-refractivity contribution in [2.24, 2.45) is 16.7 Å². The van der Waals surface area contributed by atoms with E-state index in [-0.39, 0.29) is 41.0 Å². The molecular weight excluding hydrogens is 1000 g/mol. The molecule has 3 aliphatic carbocycles. The van der Waals surface area contributed by atoms with Crippen LogP contribution in [0.25, 0.3) is 0 Å². The zero-order chi connectivity index (χ0) is 55.2. The number of nitrogens with one attached hydrogen (secondary N) is 1. The first-order valence-corrected chi connectivity index (χ1v) is 29.7. The summed E-state index contributed by atoms with van der Waals surface area (Å²) in [6.45, 7) is 24.6. The molecule has 2 saturated carbocycles. The van der Waals surface area contributed by atoms with E-state index in [4.69, 9.17) is 42.3 Å².